The first-order valence-corrected chi connectivity index (χ1v) is 4.42. The van der Waals surface area contributed by atoms with Crippen molar-refractivity contribution in [2.24, 2.45) is 0 Å². The van der Waals surface area contributed by atoms with Gasteiger partial charge in [-0.3, -0.25) is 0 Å². The molecule has 0 aliphatic rings. The van der Waals surface area contributed by atoms with Gasteiger partial charge in [-0.2, -0.15) is 5.10 Å². The highest BCUT2D eigenvalue weighted by Crippen LogP contribution is 2.13. The smallest absolute Gasteiger partial charge is 0.151 e. The molecular formula is C10H9ClN2. The van der Waals surface area contributed by atoms with Gasteiger partial charge in [-0.25, -0.2) is 4.68 Å². The third-order valence-electron chi connectivity index (χ3n) is 1.92. The topological polar surface area (TPSA) is 17.8 Å². The molecule has 0 atom stereocenters. The Balaban J connectivity index is 2.52. The molecule has 2 nitrogen and oxygen atoms in total. The lowest BCUT2D eigenvalue weighted by Crippen LogP contribution is -1.96. The largest absolute Gasteiger partial charge is 0.239 e. The van der Waals surface area contributed by atoms with Crippen LogP contribution in [0.2, 0.25) is 5.15 Å². The summed E-state index contributed by atoms with van der Waals surface area (Å²) in [7, 11) is 0. The Morgan fingerprint density at radius 3 is 2.62 bits per heavy atom. The van der Waals surface area contributed by atoms with Crippen molar-refractivity contribution in [3.05, 3.63) is 47.2 Å². The maximum Gasteiger partial charge on any atom is 0.151 e. The standard InChI is InChI=1S/C10H9ClN2/c1-8-4-2-3-5-9(8)13-7-6-10(11)12-13/h2-7H,1H3. The van der Waals surface area contributed by atoms with E-state index >= 15 is 0 Å². The van der Waals surface area contributed by atoms with Crippen LogP contribution >= 0.6 is 11.6 Å². The summed E-state index contributed by atoms with van der Waals surface area (Å²) in [5.41, 5.74) is 2.25. The van der Waals surface area contributed by atoms with Crippen LogP contribution in [0.15, 0.2) is 36.5 Å². The molecule has 0 saturated heterocycles. The minimum absolute atomic E-state index is 0.517. The third kappa shape index (κ3) is 1.58. The molecule has 66 valence electrons. The molecule has 3 heteroatoms. The monoisotopic (exact) mass is 192 g/mol. The number of rotatable bonds is 1. The molecule has 0 bridgehead atoms. The maximum absolute atomic E-state index is 5.73. The summed E-state index contributed by atoms with van der Waals surface area (Å²) in [4.78, 5) is 0. The maximum atomic E-state index is 5.73. The lowest BCUT2D eigenvalue weighted by Gasteiger charge is -2.03. The molecule has 1 aromatic heterocycles. The van der Waals surface area contributed by atoms with E-state index in [2.05, 4.69) is 5.10 Å². The van der Waals surface area contributed by atoms with Gasteiger partial charge in [0.1, 0.15) is 0 Å². The molecule has 0 spiro atoms. The van der Waals surface area contributed by atoms with Crippen LogP contribution < -0.4 is 0 Å². The molecule has 0 fully saturated rings. The molecule has 0 aliphatic carbocycles. The van der Waals surface area contributed by atoms with Gasteiger partial charge in [0.15, 0.2) is 5.15 Å². The highest BCUT2D eigenvalue weighted by atomic mass is 35.5. The molecule has 0 aliphatic heterocycles. The number of para-hydroxylation sites is 1. The molecule has 0 N–H and O–H groups in total. The number of aromatic nitrogens is 2. The zero-order valence-electron chi connectivity index (χ0n) is 7.24. The lowest BCUT2D eigenvalue weighted by atomic mass is 10.2. The second-order valence-electron chi connectivity index (χ2n) is 2.87. The molecule has 0 radical (unpaired) electrons. The second kappa shape index (κ2) is 3.23. The fourth-order valence-electron chi connectivity index (χ4n) is 1.26. The van der Waals surface area contributed by atoms with Gasteiger partial charge in [0.05, 0.1) is 5.69 Å². The van der Waals surface area contributed by atoms with Crippen LogP contribution in [0.4, 0.5) is 0 Å². The van der Waals surface area contributed by atoms with Crippen molar-refractivity contribution in [3.63, 3.8) is 0 Å². The predicted molar refractivity (Wildman–Crippen MR) is 53.3 cm³/mol. The van der Waals surface area contributed by atoms with Crippen molar-refractivity contribution in [3.8, 4) is 5.69 Å². The Kier molecular flexibility index (Phi) is 2.07. The van der Waals surface area contributed by atoms with Crippen molar-refractivity contribution in [1.82, 2.24) is 9.78 Å². The fourth-order valence-corrected chi connectivity index (χ4v) is 1.39. The molecular weight excluding hydrogens is 184 g/mol. The molecule has 2 aromatic rings. The number of benzene rings is 1. The van der Waals surface area contributed by atoms with Crippen molar-refractivity contribution < 1.29 is 0 Å². The lowest BCUT2D eigenvalue weighted by molar-refractivity contribution is 0.873. The minimum atomic E-state index is 0.517. The molecule has 0 amide bonds. The predicted octanol–water partition coefficient (Wildman–Crippen LogP) is 2.83. The van der Waals surface area contributed by atoms with E-state index in [4.69, 9.17) is 11.6 Å². The van der Waals surface area contributed by atoms with E-state index in [1.54, 1.807) is 10.7 Å². The van der Waals surface area contributed by atoms with E-state index in [1.807, 2.05) is 37.4 Å². The van der Waals surface area contributed by atoms with Gasteiger partial charge >= 0.3 is 0 Å². The second-order valence-corrected chi connectivity index (χ2v) is 3.26. The van der Waals surface area contributed by atoms with E-state index in [0.717, 1.165) is 5.69 Å². The summed E-state index contributed by atoms with van der Waals surface area (Å²) >= 11 is 5.73. The van der Waals surface area contributed by atoms with Gasteiger partial charge in [-0.1, -0.05) is 29.8 Å². The SMILES string of the molecule is Cc1ccccc1-n1ccc(Cl)n1. The first kappa shape index (κ1) is 8.32. The zero-order valence-corrected chi connectivity index (χ0v) is 7.99. The van der Waals surface area contributed by atoms with Crippen LogP contribution in [0.3, 0.4) is 0 Å². The molecule has 0 saturated carbocycles. The highest BCUT2D eigenvalue weighted by molar-refractivity contribution is 6.29. The van der Waals surface area contributed by atoms with Crippen LogP contribution in [0.25, 0.3) is 5.69 Å². The van der Waals surface area contributed by atoms with Gasteiger partial charge < -0.3 is 0 Å². The quantitative estimate of drug-likeness (QED) is 0.680. The van der Waals surface area contributed by atoms with Gasteiger partial charge in [-0.15, -0.1) is 0 Å². The zero-order chi connectivity index (χ0) is 9.26. The van der Waals surface area contributed by atoms with Crippen molar-refractivity contribution in [2.75, 3.05) is 0 Å². The molecule has 0 unspecified atom stereocenters. The van der Waals surface area contributed by atoms with E-state index in [9.17, 15) is 0 Å². The van der Waals surface area contributed by atoms with Crippen LogP contribution in [0.5, 0.6) is 0 Å². The average molecular weight is 193 g/mol. The van der Waals surface area contributed by atoms with Crippen LogP contribution in [0, 0.1) is 6.92 Å². The number of aryl methyl sites for hydroxylation is 1. The Morgan fingerprint density at radius 1 is 1.23 bits per heavy atom. The summed E-state index contributed by atoms with van der Waals surface area (Å²) < 4.78 is 1.78. The normalized spacial score (nSPS) is 10.3. The third-order valence-corrected chi connectivity index (χ3v) is 2.12. The Morgan fingerprint density at radius 2 is 2.00 bits per heavy atom. The number of hydrogen-bond acceptors (Lipinski definition) is 1. The van der Waals surface area contributed by atoms with Crippen LogP contribution in [-0.4, -0.2) is 9.78 Å². The van der Waals surface area contributed by atoms with Gasteiger partial charge in [-0.05, 0) is 24.6 Å². The van der Waals surface area contributed by atoms with E-state index in [1.165, 1.54) is 5.56 Å². The van der Waals surface area contributed by atoms with E-state index in [0.29, 0.717) is 5.15 Å². The summed E-state index contributed by atoms with van der Waals surface area (Å²) in [5.74, 6) is 0. The molecule has 1 heterocycles. The number of hydrogen-bond donors (Lipinski definition) is 0. The minimum Gasteiger partial charge on any atom is -0.239 e. The highest BCUT2D eigenvalue weighted by Gasteiger charge is 2.00. The van der Waals surface area contributed by atoms with E-state index in [-0.39, 0.29) is 0 Å². The first-order chi connectivity index (χ1) is 6.27. The van der Waals surface area contributed by atoms with E-state index < -0.39 is 0 Å². The molecule has 13 heavy (non-hydrogen) atoms. The van der Waals surface area contributed by atoms with Crippen LogP contribution in [-0.2, 0) is 0 Å². The molecule has 2 rings (SSSR count). The Bertz CT molecular complexity index is 420. The van der Waals surface area contributed by atoms with Crippen LogP contribution in [0.1, 0.15) is 5.56 Å². The molecule has 1 aromatic carbocycles. The van der Waals surface area contributed by atoms with Crippen molar-refractivity contribution in [2.45, 2.75) is 6.92 Å². The Labute approximate surface area is 81.8 Å². The van der Waals surface area contributed by atoms with Gasteiger partial charge in [0, 0.05) is 6.20 Å². The fraction of sp³-hybridized carbons (Fsp3) is 0.100. The van der Waals surface area contributed by atoms with Gasteiger partial charge in [0.25, 0.3) is 0 Å². The summed E-state index contributed by atoms with van der Waals surface area (Å²) in [5, 5.41) is 4.64. The first-order valence-electron chi connectivity index (χ1n) is 4.04. The summed E-state index contributed by atoms with van der Waals surface area (Å²) in [6, 6.07) is 9.82. The summed E-state index contributed by atoms with van der Waals surface area (Å²) in [6.45, 7) is 2.05. The number of nitrogens with zero attached hydrogens (tertiary/aromatic N) is 2. The van der Waals surface area contributed by atoms with Gasteiger partial charge in [0.2, 0.25) is 0 Å². The average Bonchev–Trinajstić information content (AvgIpc) is 2.53. The Hall–Kier alpha value is -1.28. The summed E-state index contributed by atoms with van der Waals surface area (Å²) in [6.07, 6.45) is 1.85. The van der Waals surface area contributed by atoms with Crippen molar-refractivity contribution in [1.29, 1.82) is 0 Å². The van der Waals surface area contributed by atoms with Crippen molar-refractivity contribution >= 4 is 11.6 Å². The number of halogens is 1.